The van der Waals surface area contributed by atoms with E-state index >= 15 is 0 Å². The lowest BCUT2D eigenvalue weighted by molar-refractivity contribution is 0.669. The summed E-state index contributed by atoms with van der Waals surface area (Å²) in [5, 5.41) is 4.82. The van der Waals surface area contributed by atoms with E-state index < -0.39 is 0 Å². The van der Waals surface area contributed by atoms with E-state index in [0.29, 0.717) is 0 Å². The van der Waals surface area contributed by atoms with E-state index in [1.165, 1.54) is 38.5 Å². The Hall–Kier alpha value is -4.30. The summed E-state index contributed by atoms with van der Waals surface area (Å²) >= 11 is 0. The number of aromatic nitrogens is 1. The molecule has 0 atom stereocenters. The van der Waals surface area contributed by atoms with Crippen LogP contribution in [0.4, 0.5) is 0 Å². The fraction of sp³-hybridized carbons (Fsp3) is 0.0323. The second kappa shape index (κ2) is 6.85. The van der Waals surface area contributed by atoms with Gasteiger partial charge in [0.15, 0.2) is 0 Å². The van der Waals surface area contributed by atoms with Crippen LogP contribution in [0.3, 0.4) is 0 Å². The van der Waals surface area contributed by atoms with E-state index in [1.807, 2.05) is 0 Å². The molecule has 0 aliphatic rings. The number of benzene rings is 5. The summed E-state index contributed by atoms with van der Waals surface area (Å²) in [5.74, 6) is 0. The summed E-state index contributed by atoms with van der Waals surface area (Å²) in [6, 6.07) is 38.9. The predicted octanol–water partition coefficient (Wildman–Crippen LogP) is 8.66. The van der Waals surface area contributed by atoms with Gasteiger partial charge in [-0.05, 0) is 60.5 Å². The first kappa shape index (κ1) is 18.3. The van der Waals surface area contributed by atoms with Crippen LogP contribution in [0.5, 0.6) is 0 Å². The van der Waals surface area contributed by atoms with Crippen molar-refractivity contribution in [1.29, 1.82) is 0 Å². The van der Waals surface area contributed by atoms with Gasteiger partial charge in [0.25, 0.3) is 0 Å². The van der Waals surface area contributed by atoms with Gasteiger partial charge in [-0.15, -0.1) is 0 Å². The molecule has 0 radical (unpaired) electrons. The van der Waals surface area contributed by atoms with E-state index in [2.05, 4.69) is 121 Å². The van der Waals surface area contributed by atoms with Gasteiger partial charge in [-0.3, -0.25) is 0 Å². The number of hydrogen-bond acceptors (Lipinski definition) is 1. The molecule has 0 aliphatic carbocycles. The zero-order chi connectivity index (χ0) is 21.9. The minimum atomic E-state index is 0.913. The van der Waals surface area contributed by atoms with E-state index in [1.54, 1.807) is 0 Å². The Labute approximate surface area is 191 Å². The van der Waals surface area contributed by atoms with Crippen molar-refractivity contribution in [2.75, 3.05) is 0 Å². The Morgan fingerprint density at radius 1 is 0.515 bits per heavy atom. The van der Waals surface area contributed by atoms with Crippen molar-refractivity contribution >= 4 is 43.7 Å². The van der Waals surface area contributed by atoms with Gasteiger partial charge in [-0.25, -0.2) is 0 Å². The van der Waals surface area contributed by atoms with Crippen molar-refractivity contribution in [3.8, 4) is 16.8 Å². The smallest absolute Gasteiger partial charge is 0.135 e. The third kappa shape index (κ3) is 2.74. The van der Waals surface area contributed by atoms with Gasteiger partial charge in [0, 0.05) is 27.2 Å². The number of aryl methyl sites for hydroxylation is 1. The molecule has 0 saturated carbocycles. The Kier molecular flexibility index (Phi) is 3.80. The molecule has 0 aliphatic heterocycles. The van der Waals surface area contributed by atoms with Gasteiger partial charge < -0.3 is 8.98 Å². The number of furan rings is 1. The average molecular weight is 424 g/mol. The molecule has 33 heavy (non-hydrogen) atoms. The molecule has 0 fully saturated rings. The summed E-state index contributed by atoms with van der Waals surface area (Å²) in [4.78, 5) is 0. The lowest BCUT2D eigenvalue weighted by Crippen LogP contribution is -1.93. The van der Waals surface area contributed by atoms with Crippen molar-refractivity contribution < 1.29 is 4.42 Å². The summed E-state index contributed by atoms with van der Waals surface area (Å²) < 4.78 is 8.56. The van der Waals surface area contributed by atoms with Crippen LogP contribution in [0.15, 0.2) is 114 Å². The molecule has 2 heterocycles. The first-order valence-corrected chi connectivity index (χ1v) is 11.3. The zero-order valence-corrected chi connectivity index (χ0v) is 18.2. The number of para-hydroxylation sites is 2. The highest BCUT2D eigenvalue weighted by molar-refractivity contribution is 6.10. The summed E-state index contributed by atoms with van der Waals surface area (Å²) in [7, 11) is 0. The fourth-order valence-corrected chi connectivity index (χ4v) is 5.11. The molecule has 0 spiro atoms. The van der Waals surface area contributed by atoms with Crippen LogP contribution >= 0.6 is 0 Å². The molecule has 0 unspecified atom stereocenters. The van der Waals surface area contributed by atoms with Crippen molar-refractivity contribution in [1.82, 2.24) is 4.57 Å². The minimum absolute atomic E-state index is 0.913. The second-order valence-electron chi connectivity index (χ2n) is 8.73. The lowest BCUT2D eigenvalue weighted by Gasteiger charge is -2.08. The molecule has 2 nitrogen and oxygen atoms in total. The van der Waals surface area contributed by atoms with Crippen molar-refractivity contribution in [2.45, 2.75) is 6.92 Å². The van der Waals surface area contributed by atoms with Gasteiger partial charge in [-0.2, -0.15) is 0 Å². The van der Waals surface area contributed by atoms with Gasteiger partial charge in [0.1, 0.15) is 11.2 Å². The molecule has 7 aromatic rings. The van der Waals surface area contributed by atoms with Gasteiger partial charge in [0.05, 0.1) is 11.0 Å². The van der Waals surface area contributed by atoms with E-state index in [4.69, 9.17) is 4.42 Å². The van der Waals surface area contributed by atoms with Crippen LogP contribution in [-0.2, 0) is 0 Å². The van der Waals surface area contributed by atoms with Crippen LogP contribution in [0, 0.1) is 6.92 Å². The van der Waals surface area contributed by atoms with Crippen LogP contribution in [0.1, 0.15) is 5.56 Å². The molecule has 2 heteroatoms. The van der Waals surface area contributed by atoms with E-state index in [0.717, 1.165) is 27.6 Å². The molecule has 5 aromatic carbocycles. The van der Waals surface area contributed by atoms with Crippen LogP contribution in [0.25, 0.3) is 60.6 Å². The normalized spacial score (nSPS) is 11.8. The maximum absolute atomic E-state index is 6.21. The molecule has 0 N–H and O–H groups in total. The third-order valence-electron chi connectivity index (χ3n) is 6.64. The minimum Gasteiger partial charge on any atom is -0.456 e. The Balaban J connectivity index is 1.50. The van der Waals surface area contributed by atoms with Crippen LogP contribution < -0.4 is 0 Å². The first-order valence-electron chi connectivity index (χ1n) is 11.3. The van der Waals surface area contributed by atoms with Crippen molar-refractivity contribution in [3.63, 3.8) is 0 Å². The van der Waals surface area contributed by atoms with E-state index in [-0.39, 0.29) is 0 Å². The average Bonchev–Trinajstić information content (AvgIpc) is 3.39. The molecule has 7 rings (SSSR count). The second-order valence-corrected chi connectivity index (χ2v) is 8.73. The predicted molar refractivity (Wildman–Crippen MR) is 138 cm³/mol. The van der Waals surface area contributed by atoms with Crippen molar-refractivity contribution in [2.24, 2.45) is 0 Å². The molecule has 0 amide bonds. The standard InChI is InChI=1S/C31H21NO/c1-20-7-6-8-21(17-20)22-13-15-30-26(18-22)27-19-23(14-16-31(27)33-30)32-28-11-4-2-9-24(28)25-10-3-5-12-29(25)32/h2-19H,1H3. The van der Waals surface area contributed by atoms with Crippen LogP contribution in [0.2, 0.25) is 0 Å². The molecular formula is C31H21NO. The Morgan fingerprint density at radius 2 is 1.15 bits per heavy atom. The summed E-state index contributed by atoms with van der Waals surface area (Å²) in [6.45, 7) is 2.13. The molecular weight excluding hydrogens is 402 g/mol. The molecule has 2 aromatic heterocycles. The maximum atomic E-state index is 6.21. The monoisotopic (exact) mass is 423 g/mol. The van der Waals surface area contributed by atoms with Gasteiger partial charge in [0.2, 0.25) is 0 Å². The number of fused-ring (bicyclic) bond motifs is 6. The number of rotatable bonds is 2. The van der Waals surface area contributed by atoms with E-state index in [9.17, 15) is 0 Å². The third-order valence-corrected chi connectivity index (χ3v) is 6.64. The molecule has 156 valence electrons. The highest BCUT2D eigenvalue weighted by Gasteiger charge is 2.14. The van der Waals surface area contributed by atoms with Crippen molar-refractivity contribution in [3.05, 3.63) is 115 Å². The van der Waals surface area contributed by atoms with Gasteiger partial charge in [-0.1, -0.05) is 72.3 Å². The first-order chi connectivity index (χ1) is 16.3. The van der Waals surface area contributed by atoms with Gasteiger partial charge >= 0.3 is 0 Å². The highest BCUT2D eigenvalue weighted by atomic mass is 16.3. The summed E-state index contributed by atoms with van der Waals surface area (Å²) in [6.07, 6.45) is 0. The zero-order valence-electron chi connectivity index (χ0n) is 18.2. The highest BCUT2D eigenvalue weighted by Crippen LogP contribution is 2.36. The van der Waals surface area contributed by atoms with Crippen LogP contribution in [-0.4, -0.2) is 4.57 Å². The SMILES string of the molecule is Cc1cccc(-c2ccc3oc4ccc(-n5c6ccccc6c6ccccc65)cc4c3c2)c1. The topological polar surface area (TPSA) is 18.1 Å². The quantitative estimate of drug-likeness (QED) is 0.272. The largest absolute Gasteiger partial charge is 0.456 e. The lowest BCUT2D eigenvalue weighted by atomic mass is 10.0. The fourth-order valence-electron chi connectivity index (χ4n) is 5.11. The Bertz CT molecular complexity index is 1780. The molecule has 0 saturated heterocycles. The number of nitrogens with zero attached hydrogens (tertiary/aromatic N) is 1. The Morgan fingerprint density at radius 3 is 1.88 bits per heavy atom. The maximum Gasteiger partial charge on any atom is 0.135 e. The molecule has 0 bridgehead atoms. The number of hydrogen-bond donors (Lipinski definition) is 0. The summed E-state index contributed by atoms with van der Waals surface area (Å²) in [5.41, 5.74) is 9.09.